The number of amides is 1. The molecule has 0 N–H and O–H groups in total. The molecule has 0 saturated carbocycles. The largest absolute Gasteiger partial charge is 0.450 e. The van der Waals surface area contributed by atoms with E-state index in [1.807, 2.05) is 19.2 Å². The molecule has 0 atom stereocenters. The minimum atomic E-state index is -0.200. The number of piperazine rings is 1. The van der Waals surface area contributed by atoms with Crippen LogP contribution in [0.4, 0.5) is 4.79 Å². The normalized spacial score (nSPS) is 16.0. The third kappa shape index (κ3) is 3.20. The Hall–Kier alpha value is -2.14. The monoisotopic (exact) mass is 299 g/mol. The van der Waals surface area contributed by atoms with Gasteiger partial charge < -0.3 is 9.64 Å². The van der Waals surface area contributed by atoms with Crippen LogP contribution >= 0.6 is 0 Å². The summed E-state index contributed by atoms with van der Waals surface area (Å²) in [6.07, 6.45) is 1.64. The summed E-state index contributed by atoms with van der Waals surface area (Å²) in [6.45, 7) is 6.30. The van der Waals surface area contributed by atoms with Crippen LogP contribution in [0.3, 0.4) is 0 Å². The molecule has 0 radical (unpaired) electrons. The van der Waals surface area contributed by atoms with Crippen molar-refractivity contribution in [3.63, 3.8) is 0 Å². The molecule has 1 aromatic carbocycles. The maximum absolute atomic E-state index is 11.7. The lowest BCUT2D eigenvalue weighted by atomic mass is 10.1. The average molecular weight is 299 g/mol. The second-order valence-electron chi connectivity index (χ2n) is 5.45. The third-order valence-corrected chi connectivity index (χ3v) is 4.01. The van der Waals surface area contributed by atoms with Crippen molar-refractivity contribution < 1.29 is 9.53 Å². The van der Waals surface area contributed by atoms with E-state index in [2.05, 4.69) is 34.1 Å². The van der Waals surface area contributed by atoms with E-state index in [-0.39, 0.29) is 6.09 Å². The van der Waals surface area contributed by atoms with Crippen molar-refractivity contribution in [2.24, 2.45) is 0 Å². The van der Waals surface area contributed by atoms with Crippen LogP contribution in [0.25, 0.3) is 10.9 Å². The number of ether oxygens (including phenoxy) is 1. The van der Waals surface area contributed by atoms with E-state index in [4.69, 9.17) is 4.74 Å². The number of rotatable bonds is 3. The summed E-state index contributed by atoms with van der Waals surface area (Å²) in [4.78, 5) is 20.4. The molecule has 0 bridgehead atoms. The van der Waals surface area contributed by atoms with Crippen molar-refractivity contribution >= 4 is 17.0 Å². The first-order chi connectivity index (χ1) is 10.8. The fraction of sp³-hybridized carbons (Fsp3) is 0.412. The Kier molecular flexibility index (Phi) is 4.53. The van der Waals surface area contributed by atoms with Gasteiger partial charge in [0.25, 0.3) is 0 Å². The molecule has 5 heteroatoms. The second kappa shape index (κ2) is 6.75. The molecule has 2 aromatic rings. The molecule has 1 fully saturated rings. The van der Waals surface area contributed by atoms with E-state index in [1.54, 1.807) is 4.90 Å². The van der Waals surface area contributed by atoms with Crippen LogP contribution in [0.5, 0.6) is 0 Å². The molecule has 1 aliphatic rings. The molecule has 2 heterocycles. The summed E-state index contributed by atoms with van der Waals surface area (Å²) in [7, 11) is 0. The third-order valence-electron chi connectivity index (χ3n) is 4.01. The Balaban J connectivity index is 1.64. The second-order valence-corrected chi connectivity index (χ2v) is 5.45. The topological polar surface area (TPSA) is 45.7 Å². The van der Waals surface area contributed by atoms with Crippen LogP contribution in [-0.4, -0.2) is 53.7 Å². The highest BCUT2D eigenvalue weighted by atomic mass is 16.6. The Morgan fingerprint density at radius 1 is 1.18 bits per heavy atom. The molecule has 3 rings (SSSR count). The molecule has 0 spiro atoms. The van der Waals surface area contributed by atoms with E-state index < -0.39 is 0 Å². The molecule has 0 unspecified atom stereocenters. The van der Waals surface area contributed by atoms with Gasteiger partial charge in [0, 0.05) is 44.3 Å². The van der Waals surface area contributed by atoms with Crippen LogP contribution in [0, 0.1) is 0 Å². The number of hydrogen-bond donors (Lipinski definition) is 0. The maximum atomic E-state index is 11.7. The van der Waals surface area contributed by atoms with Crippen LogP contribution < -0.4 is 0 Å². The minimum absolute atomic E-state index is 0.200. The lowest BCUT2D eigenvalue weighted by molar-refractivity contribution is 0.0779. The van der Waals surface area contributed by atoms with E-state index in [1.165, 1.54) is 10.9 Å². The van der Waals surface area contributed by atoms with Gasteiger partial charge >= 0.3 is 6.09 Å². The zero-order valence-electron chi connectivity index (χ0n) is 12.9. The Morgan fingerprint density at radius 2 is 1.95 bits per heavy atom. The van der Waals surface area contributed by atoms with E-state index in [9.17, 15) is 4.79 Å². The molecule has 1 aliphatic heterocycles. The molecule has 1 aromatic heterocycles. The first kappa shape index (κ1) is 14.8. The van der Waals surface area contributed by atoms with Gasteiger partial charge in [-0.1, -0.05) is 24.3 Å². The number of carbonyl (C=O) groups is 1. The van der Waals surface area contributed by atoms with Crippen molar-refractivity contribution in [1.82, 2.24) is 14.8 Å². The maximum Gasteiger partial charge on any atom is 0.409 e. The lowest BCUT2D eigenvalue weighted by Crippen LogP contribution is -2.48. The van der Waals surface area contributed by atoms with Gasteiger partial charge in [0.2, 0.25) is 0 Å². The zero-order chi connectivity index (χ0) is 15.4. The van der Waals surface area contributed by atoms with Gasteiger partial charge in [-0.25, -0.2) is 4.79 Å². The fourth-order valence-corrected chi connectivity index (χ4v) is 2.84. The Morgan fingerprint density at radius 3 is 2.73 bits per heavy atom. The van der Waals surface area contributed by atoms with Gasteiger partial charge in [-0.05, 0) is 18.6 Å². The predicted molar refractivity (Wildman–Crippen MR) is 85.6 cm³/mol. The minimum Gasteiger partial charge on any atom is -0.450 e. The summed E-state index contributed by atoms with van der Waals surface area (Å²) in [5, 5.41) is 1.17. The van der Waals surface area contributed by atoms with Gasteiger partial charge in [-0.3, -0.25) is 9.88 Å². The number of carbonyl (C=O) groups excluding carboxylic acids is 1. The highest BCUT2D eigenvalue weighted by Gasteiger charge is 2.22. The quantitative estimate of drug-likeness (QED) is 0.873. The number of fused-ring (bicyclic) bond motifs is 1. The van der Waals surface area contributed by atoms with Gasteiger partial charge in [0.05, 0.1) is 12.1 Å². The highest BCUT2D eigenvalue weighted by Crippen LogP contribution is 2.18. The summed E-state index contributed by atoms with van der Waals surface area (Å²) in [5.41, 5.74) is 2.31. The van der Waals surface area contributed by atoms with Crippen molar-refractivity contribution in [2.45, 2.75) is 13.5 Å². The van der Waals surface area contributed by atoms with E-state index >= 15 is 0 Å². The van der Waals surface area contributed by atoms with Crippen molar-refractivity contribution in [1.29, 1.82) is 0 Å². The number of pyridine rings is 1. The average Bonchev–Trinajstić information content (AvgIpc) is 2.56. The predicted octanol–water partition coefficient (Wildman–Crippen LogP) is 2.51. The SMILES string of the molecule is CCOC(=O)N1CCN(Cc2cccc3cccnc23)CC1. The van der Waals surface area contributed by atoms with Crippen LogP contribution in [-0.2, 0) is 11.3 Å². The Labute approximate surface area is 130 Å². The van der Waals surface area contributed by atoms with Crippen LogP contribution in [0.15, 0.2) is 36.5 Å². The van der Waals surface area contributed by atoms with E-state index in [0.717, 1.165) is 38.2 Å². The summed E-state index contributed by atoms with van der Waals surface area (Å²) >= 11 is 0. The smallest absolute Gasteiger partial charge is 0.409 e. The molecular weight excluding hydrogens is 278 g/mol. The van der Waals surface area contributed by atoms with Crippen molar-refractivity contribution in [2.75, 3.05) is 32.8 Å². The zero-order valence-corrected chi connectivity index (χ0v) is 12.9. The molecule has 5 nitrogen and oxygen atoms in total. The molecule has 0 aliphatic carbocycles. The number of para-hydroxylation sites is 1. The van der Waals surface area contributed by atoms with Gasteiger partial charge in [0.1, 0.15) is 0 Å². The van der Waals surface area contributed by atoms with Gasteiger partial charge in [0.15, 0.2) is 0 Å². The van der Waals surface area contributed by atoms with Crippen molar-refractivity contribution in [3.05, 3.63) is 42.1 Å². The van der Waals surface area contributed by atoms with Gasteiger partial charge in [-0.15, -0.1) is 0 Å². The standard InChI is InChI=1S/C17H21N3O2/c1-2-22-17(21)20-11-9-19(10-12-20)13-15-6-3-5-14-7-4-8-18-16(14)15/h3-8H,2,9-13H2,1H3. The number of benzene rings is 1. The highest BCUT2D eigenvalue weighted by molar-refractivity contribution is 5.81. The lowest BCUT2D eigenvalue weighted by Gasteiger charge is -2.34. The number of nitrogens with zero attached hydrogens (tertiary/aromatic N) is 3. The van der Waals surface area contributed by atoms with Crippen LogP contribution in [0.1, 0.15) is 12.5 Å². The Bertz CT molecular complexity index is 646. The fourth-order valence-electron chi connectivity index (χ4n) is 2.84. The molecule has 116 valence electrons. The molecule has 1 amide bonds. The van der Waals surface area contributed by atoms with Gasteiger partial charge in [-0.2, -0.15) is 0 Å². The summed E-state index contributed by atoms with van der Waals surface area (Å²) in [5.74, 6) is 0. The summed E-state index contributed by atoms with van der Waals surface area (Å²) < 4.78 is 5.05. The van der Waals surface area contributed by atoms with E-state index in [0.29, 0.717) is 6.61 Å². The summed E-state index contributed by atoms with van der Waals surface area (Å²) in [6, 6.07) is 10.3. The molecular formula is C17H21N3O2. The van der Waals surface area contributed by atoms with Crippen molar-refractivity contribution in [3.8, 4) is 0 Å². The molecule has 1 saturated heterocycles. The first-order valence-corrected chi connectivity index (χ1v) is 7.74. The molecule has 22 heavy (non-hydrogen) atoms. The van der Waals surface area contributed by atoms with Crippen LogP contribution in [0.2, 0.25) is 0 Å². The number of aromatic nitrogens is 1. The first-order valence-electron chi connectivity index (χ1n) is 7.74. The number of hydrogen-bond acceptors (Lipinski definition) is 4.